The lowest BCUT2D eigenvalue weighted by atomic mass is 10.2. The van der Waals surface area contributed by atoms with Gasteiger partial charge < -0.3 is 16.0 Å². The Hall–Kier alpha value is -2.88. The van der Waals surface area contributed by atoms with E-state index in [2.05, 4.69) is 17.2 Å². The monoisotopic (exact) mass is 463 g/mol. The van der Waals surface area contributed by atoms with Crippen molar-refractivity contribution in [2.24, 2.45) is 0 Å². The third kappa shape index (κ3) is 6.81. The second-order valence-corrected chi connectivity index (χ2v) is 8.54. The molecule has 0 saturated carbocycles. The lowest BCUT2D eigenvalue weighted by molar-refractivity contribution is -0.118. The van der Waals surface area contributed by atoms with Gasteiger partial charge in [0.25, 0.3) is 11.5 Å². The first-order valence-electron chi connectivity index (χ1n) is 11.1. The second-order valence-electron chi connectivity index (χ2n) is 7.59. The average Bonchev–Trinajstić information content (AvgIpc) is 3.30. The molecular formula is C22H33N5O4S. The van der Waals surface area contributed by atoms with Crippen molar-refractivity contribution in [1.82, 2.24) is 14.9 Å². The molecule has 0 atom stereocenters. The quantitative estimate of drug-likeness (QED) is 0.393. The van der Waals surface area contributed by atoms with E-state index in [0.29, 0.717) is 37.4 Å². The van der Waals surface area contributed by atoms with Crippen LogP contribution in [-0.4, -0.2) is 34.5 Å². The van der Waals surface area contributed by atoms with E-state index in [1.807, 2.05) is 12.3 Å². The number of rotatable bonds is 13. The van der Waals surface area contributed by atoms with Gasteiger partial charge in [-0.1, -0.05) is 39.2 Å². The van der Waals surface area contributed by atoms with Crippen molar-refractivity contribution in [3.8, 4) is 0 Å². The molecular weight excluding hydrogens is 430 g/mol. The fraction of sp³-hybridized carbons (Fsp3) is 0.545. The molecule has 32 heavy (non-hydrogen) atoms. The number of hydrogen-bond donors (Lipinski definition) is 3. The molecule has 176 valence electrons. The van der Waals surface area contributed by atoms with Crippen LogP contribution in [0.25, 0.3) is 0 Å². The standard InChI is InChI=1S/C22H33N5O4S/c1-3-5-7-14-26(17(28)11-8-12-24-20(29)16-10-9-15-32-16)18-19(23)27(13-6-4-2)22(31)25-21(18)30/h9-10,15H,3-8,11-14,23H2,1-2H3,(H,24,29)(H,25,30,31). The second kappa shape index (κ2) is 12.8. The predicted molar refractivity (Wildman–Crippen MR) is 128 cm³/mol. The number of nitrogen functional groups attached to an aromatic ring is 1. The number of carbonyl (C=O) groups excluding carboxylic acids is 2. The maximum atomic E-state index is 13.0. The summed E-state index contributed by atoms with van der Waals surface area (Å²) < 4.78 is 1.32. The number of anilines is 2. The van der Waals surface area contributed by atoms with Gasteiger partial charge in [-0.2, -0.15) is 0 Å². The summed E-state index contributed by atoms with van der Waals surface area (Å²) in [6.45, 7) is 5.09. The van der Waals surface area contributed by atoms with E-state index in [1.165, 1.54) is 20.8 Å². The van der Waals surface area contributed by atoms with E-state index >= 15 is 0 Å². The molecule has 0 fully saturated rings. The van der Waals surface area contributed by atoms with Gasteiger partial charge in [-0.25, -0.2) is 4.79 Å². The first kappa shape index (κ1) is 25.4. The first-order valence-corrected chi connectivity index (χ1v) is 12.0. The Labute approximate surface area is 191 Å². The van der Waals surface area contributed by atoms with E-state index in [9.17, 15) is 19.2 Å². The van der Waals surface area contributed by atoms with Crippen molar-refractivity contribution >= 4 is 34.7 Å². The van der Waals surface area contributed by atoms with Crippen LogP contribution in [0, 0.1) is 0 Å². The normalized spacial score (nSPS) is 10.8. The highest BCUT2D eigenvalue weighted by Gasteiger charge is 2.23. The summed E-state index contributed by atoms with van der Waals surface area (Å²) in [7, 11) is 0. The van der Waals surface area contributed by atoms with Crippen LogP contribution in [0.15, 0.2) is 27.1 Å². The summed E-state index contributed by atoms with van der Waals surface area (Å²) in [5, 5.41) is 4.62. The van der Waals surface area contributed by atoms with Crippen LogP contribution in [0.3, 0.4) is 0 Å². The van der Waals surface area contributed by atoms with Crippen molar-refractivity contribution in [3.05, 3.63) is 43.2 Å². The summed E-state index contributed by atoms with van der Waals surface area (Å²) in [5.41, 5.74) is 5.02. The van der Waals surface area contributed by atoms with Crippen LogP contribution in [0.4, 0.5) is 11.5 Å². The molecule has 2 aromatic heterocycles. The van der Waals surface area contributed by atoms with Gasteiger partial charge >= 0.3 is 5.69 Å². The largest absolute Gasteiger partial charge is 0.383 e. The molecule has 0 aliphatic carbocycles. The highest BCUT2D eigenvalue weighted by molar-refractivity contribution is 7.12. The minimum atomic E-state index is -0.656. The van der Waals surface area contributed by atoms with Gasteiger partial charge in [-0.15, -0.1) is 11.3 Å². The van der Waals surface area contributed by atoms with E-state index in [-0.39, 0.29) is 29.7 Å². The first-order chi connectivity index (χ1) is 15.4. The van der Waals surface area contributed by atoms with Crippen molar-refractivity contribution in [2.45, 2.75) is 65.3 Å². The van der Waals surface area contributed by atoms with E-state index in [0.717, 1.165) is 25.7 Å². The molecule has 2 aromatic rings. The molecule has 0 unspecified atom stereocenters. The fourth-order valence-electron chi connectivity index (χ4n) is 3.33. The zero-order chi connectivity index (χ0) is 23.5. The Morgan fingerprint density at radius 2 is 1.91 bits per heavy atom. The van der Waals surface area contributed by atoms with Gasteiger partial charge in [0.2, 0.25) is 5.91 Å². The Balaban J connectivity index is 2.14. The smallest absolute Gasteiger partial charge is 0.330 e. The molecule has 0 saturated heterocycles. The van der Waals surface area contributed by atoms with Gasteiger partial charge in [0.15, 0.2) is 5.69 Å². The Morgan fingerprint density at radius 3 is 2.56 bits per heavy atom. The van der Waals surface area contributed by atoms with Crippen molar-refractivity contribution in [1.29, 1.82) is 0 Å². The Morgan fingerprint density at radius 1 is 1.16 bits per heavy atom. The zero-order valence-electron chi connectivity index (χ0n) is 18.8. The minimum absolute atomic E-state index is 0.0167. The lowest BCUT2D eigenvalue weighted by Crippen LogP contribution is -2.41. The molecule has 10 heteroatoms. The molecule has 0 radical (unpaired) electrons. The van der Waals surface area contributed by atoms with E-state index in [1.54, 1.807) is 12.1 Å². The fourth-order valence-corrected chi connectivity index (χ4v) is 3.97. The third-order valence-corrected chi connectivity index (χ3v) is 5.97. The number of H-pyrrole nitrogens is 1. The molecule has 0 spiro atoms. The third-order valence-electron chi connectivity index (χ3n) is 5.10. The Bertz CT molecular complexity index is 997. The maximum absolute atomic E-state index is 13.0. The molecule has 2 heterocycles. The van der Waals surface area contributed by atoms with Gasteiger partial charge in [-0.05, 0) is 30.7 Å². The van der Waals surface area contributed by atoms with Gasteiger partial charge in [0.05, 0.1) is 4.88 Å². The molecule has 0 bridgehead atoms. The molecule has 0 aliphatic heterocycles. The number of nitrogens with zero attached hydrogens (tertiary/aromatic N) is 2. The van der Waals surface area contributed by atoms with Crippen LogP contribution in [0.1, 0.15) is 68.5 Å². The van der Waals surface area contributed by atoms with Crippen molar-refractivity contribution < 1.29 is 9.59 Å². The summed E-state index contributed by atoms with van der Waals surface area (Å²) in [6.07, 6.45) is 4.72. The zero-order valence-corrected chi connectivity index (χ0v) is 19.6. The molecule has 9 nitrogen and oxygen atoms in total. The number of unbranched alkanes of at least 4 members (excludes halogenated alkanes) is 3. The van der Waals surface area contributed by atoms with Crippen molar-refractivity contribution in [2.75, 3.05) is 23.7 Å². The molecule has 4 N–H and O–H groups in total. The average molecular weight is 464 g/mol. The number of nitrogens with one attached hydrogen (secondary N) is 2. The number of aromatic amines is 1. The maximum Gasteiger partial charge on any atom is 0.330 e. The summed E-state index contributed by atoms with van der Waals surface area (Å²) >= 11 is 1.35. The SMILES string of the molecule is CCCCCN(C(=O)CCCNC(=O)c1cccs1)c1c(N)n(CCCC)c(=O)[nH]c1=O. The van der Waals surface area contributed by atoms with Gasteiger partial charge in [0.1, 0.15) is 5.82 Å². The summed E-state index contributed by atoms with van der Waals surface area (Å²) in [5.74, 6) is -0.414. The van der Waals surface area contributed by atoms with Gasteiger partial charge in [0, 0.05) is 26.1 Å². The van der Waals surface area contributed by atoms with Crippen LogP contribution in [0.2, 0.25) is 0 Å². The van der Waals surface area contributed by atoms with Gasteiger partial charge in [-0.3, -0.25) is 23.9 Å². The number of hydrogen-bond acceptors (Lipinski definition) is 6. The minimum Gasteiger partial charge on any atom is -0.383 e. The van der Waals surface area contributed by atoms with E-state index < -0.39 is 11.2 Å². The highest BCUT2D eigenvalue weighted by atomic mass is 32.1. The van der Waals surface area contributed by atoms with Crippen molar-refractivity contribution in [3.63, 3.8) is 0 Å². The molecule has 2 amide bonds. The topological polar surface area (TPSA) is 130 Å². The number of nitrogens with two attached hydrogens (primary N) is 1. The highest BCUT2D eigenvalue weighted by Crippen LogP contribution is 2.19. The number of carbonyl (C=O) groups is 2. The summed E-state index contributed by atoms with van der Waals surface area (Å²) in [4.78, 5) is 54.2. The van der Waals surface area contributed by atoms with Crippen LogP contribution in [-0.2, 0) is 11.3 Å². The van der Waals surface area contributed by atoms with Crippen LogP contribution < -0.4 is 27.2 Å². The van der Waals surface area contributed by atoms with E-state index in [4.69, 9.17) is 5.73 Å². The Kier molecular flexibility index (Phi) is 10.2. The number of thiophene rings is 1. The predicted octanol–water partition coefficient (Wildman–Crippen LogP) is 2.71. The summed E-state index contributed by atoms with van der Waals surface area (Å²) in [6, 6.07) is 3.54. The van der Waals surface area contributed by atoms with Crippen LogP contribution in [0.5, 0.6) is 0 Å². The molecule has 0 aromatic carbocycles. The number of amides is 2. The number of aromatic nitrogens is 2. The molecule has 2 rings (SSSR count). The molecule has 0 aliphatic rings. The van der Waals surface area contributed by atoms with Crippen LogP contribution >= 0.6 is 11.3 Å². The lowest BCUT2D eigenvalue weighted by Gasteiger charge is -2.24.